The van der Waals surface area contributed by atoms with Gasteiger partial charge in [0, 0.05) is 17.7 Å². The highest BCUT2D eigenvalue weighted by molar-refractivity contribution is 5.70. The third kappa shape index (κ3) is 2.03. The summed E-state index contributed by atoms with van der Waals surface area (Å²) < 4.78 is 15.9. The Hall–Kier alpha value is -3.02. The molecule has 0 saturated heterocycles. The van der Waals surface area contributed by atoms with E-state index in [4.69, 9.17) is 14.0 Å². The van der Waals surface area contributed by atoms with Gasteiger partial charge in [-0.1, -0.05) is 17.3 Å². The van der Waals surface area contributed by atoms with Gasteiger partial charge in [-0.2, -0.15) is 4.98 Å². The van der Waals surface area contributed by atoms with Crippen LogP contribution in [0, 0.1) is 0 Å². The van der Waals surface area contributed by atoms with Crippen molar-refractivity contribution in [2.45, 2.75) is 19.3 Å². The predicted molar refractivity (Wildman–Crippen MR) is 85.0 cm³/mol. The van der Waals surface area contributed by atoms with Gasteiger partial charge in [0.2, 0.25) is 12.6 Å². The van der Waals surface area contributed by atoms with Gasteiger partial charge < -0.3 is 19.1 Å². The minimum atomic E-state index is 0.0170. The van der Waals surface area contributed by atoms with Crippen LogP contribution in [-0.2, 0) is 12.8 Å². The second kappa shape index (κ2) is 4.99. The van der Waals surface area contributed by atoms with Crippen LogP contribution >= 0.6 is 0 Å². The van der Waals surface area contributed by atoms with E-state index < -0.39 is 0 Å². The van der Waals surface area contributed by atoms with E-state index in [1.165, 1.54) is 23.6 Å². The molecule has 1 aliphatic heterocycles. The Kier molecular flexibility index (Phi) is 2.79. The van der Waals surface area contributed by atoms with Crippen molar-refractivity contribution in [3.63, 3.8) is 0 Å². The number of ether oxygens (including phenoxy) is 2. The highest BCUT2D eigenvalue weighted by atomic mass is 16.7. The average Bonchev–Trinajstić information content (AvgIpc) is 3.32. The fraction of sp³-hybridized carbons (Fsp3) is 0.222. The molecular formula is C18H14N2O4. The standard InChI is InChI=1S/C18H14N2O4/c21-14-8-16-15(22-9-23-16)7-13(14)18-19-17(20-24-18)12-5-4-10-2-1-3-11(10)6-12/h4-8,21H,1-3,9H2. The van der Waals surface area contributed by atoms with Crippen molar-refractivity contribution in [1.82, 2.24) is 10.1 Å². The highest BCUT2D eigenvalue weighted by Crippen LogP contribution is 2.41. The first-order valence-electron chi connectivity index (χ1n) is 7.87. The molecule has 24 heavy (non-hydrogen) atoms. The van der Waals surface area contributed by atoms with E-state index in [1.807, 2.05) is 6.07 Å². The number of aryl methyl sites for hydroxylation is 2. The van der Waals surface area contributed by atoms with E-state index in [1.54, 1.807) is 6.07 Å². The summed E-state index contributed by atoms with van der Waals surface area (Å²) in [6.07, 6.45) is 3.43. The number of phenols is 1. The Balaban J connectivity index is 1.54. The highest BCUT2D eigenvalue weighted by Gasteiger charge is 2.22. The van der Waals surface area contributed by atoms with Crippen LogP contribution in [0.1, 0.15) is 17.5 Å². The summed E-state index contributed by atoms with van der Waals surface area (Å²) in [7, 11) is 0. The first-order chi connectivity index (χ1) is 11.8. The summed E-state index contributed by atoms with van der Waals surface area (Å²) in [5.74, 6) is 1.84. The number of fused-ring (bicyclic) bond motifs is 2. The van der Waals surface area contributed by atoms with Gasteiger partial charge in [-0.15, -0.1) is 0 Å². The smallest absolute Gasteiger partial charge is 0.262 e. The van der Waals surface area contributed by atoms with Crippen molar-refractivity contribution >= 4 is 0 Å². The van der Waals surface area contributed by atoms with Crippen LogP contribution < -0.4 is 9.47 Å². The Bertz CT molecular complexity index is 948. The molecule has 3 aromatic rings. The average molecular weight is 322 g/mol. The van der Waals surface area contributed by atoms with Crippen LogP contribution in [0.15, 0.2) is 34.9 Å². The molecule has 0 saturated carbocycles. The van der Waals surface area contributed by atoms with Gasteiger partial charge in [0.15, 0.2) is 11.5 Å². The van der Waals surface area contributed by atoms with E-state index >= 15 is 0 Å². The Morgan fingerprint density at radius 3 is 2.71 bits per heavy atom. The van der Waals surface area contributed by atoms with Gasteiger partial charge in [-0.05, 0) is 36.5 Å². The van der Waals surface area contributed by atoms with Crippen LogP contribution in [-0.4, -0.2) is 22.0 Å². The van der Waals surface area contributed by atoms with E-state index in [0.717, 1.165) is 18.4 Å². The molecule has 2 heterocycles. The molecule has 0 radical (unpaired) electrons. The largest absolute Gasteiger partial charge is 0.507 e. The maximum atomic E-state index is 10.2. The minimum Gasteiger partial charge on any atom is -0.507 e. The SMILES string of the molecule is Oc1cc2c(cc1-c1nc(-c3ccc4c(c3)CCC4)no1)OCO2. The maximum Gasteiger partial charge on any atom is 0.262 e. The zero-order valence-electron chi connectivity index (χ0n) is 12.8. The van der Waals surface area contributed by atoms with Crippen molar-refractivity contribution < 1.29 is 19.1 Å². The number of phenolic OH excluding ortho intramolecular Hbond substituents is 1. The molecule has 1 N–H and O–H groups in total. The zero-order valence-corrected chi connectivity index (χ0v) is 12.8. The van der Waals surface area contributed by atoms with Gasteiger partial charge in [-0.25, -0.2) is 0 Å². The van der Waals surface area contributed by atoms with Crippen LogP contribution in [0.3, 0.4) is 0 Å². The summed E-state index contributed by atoms with van der Waals surface area (Å²) in [5, 5.41) is 14.2. The number of aromatic nitrogens is 2. The number of aromatic hydroxyl groups is 1. The first-order valence-corrected chi connectivity index (χ1v) is 7.87. The first kappa shape index (κ1) is 13.4. The molecule has 2 aromatic carbocycles. The van der Waals surface area contributed by atoms with Crippen LogP contribution in [0.25, 0.3) is 22.8 Å². The maximum absolute atomic E-state index is 10.2. The lowest BCUT2D eigenvalue weighted by Gasteiger charge is -2.02. The van der Waals surface area contributed by atoms with Crippen LogP contribution in [0.5, 0.6) is 17.2 Å². The zero-order chi connectivity index (χ0) is 16.1. The van der Waals surface area contributed by atoms with Gasteiger partial charge in [0.25, 0.3) is 5.89 Å². The molecule has 120 valence electrons. The Morgan fingerprint density at radius 1 is 0.958 bits per heavy atom. The van der Waals surface area contributed by atoms with Crippen molar-refractivity contribution in [3.05, 3.63) is 41.5 Å². The molecule has 0 unspecified atom stereocenters. The normalized spacial score (nSPS) is 14.8. The summed E-state index contributed by atoms with van der Waals surface area (Å²) in [5.41, 5.74) is 4.10. The van der Waals surface area contributed by atoms with Crippen LogP contribution in [0.4, 0.5) is 0 Å². The Labute approximate surface area is 137 Å². The van der Waals surface area contributed by atoms with Crippen molar-refractivity contribution in [2.24, 2.45) is 0 Å². The number of nitrogens with zero attached hydrogens (tertiary/aromatic N) is 2. The molecule has 0 amide bonds. The molecule has 6 heteroatoms. The molecule has 0 atom stereocenters. The minimum absolute atomic E-state index is 0.0170. The van der Waals surface area contributed by atoms with Crippen molar-refractivity contribution in [3.8, 4) is 40.1 Å². The van der Waals surface area contributed by atoms with Gasteiger partial charge in [0.05, 0.1) is 5.56 Å². The third-order valence-electron chi connectivity index (χ3n) is 4.50. The van der Waals surface area contributed by atoms with Gasteiger partial charge in [-0.3, -0.25) is 0 Å². The van der Waals surface area contributed by atoms with E-state index in [-0.39, 0.29) is 18.4 Å². The number of rotatable bonds is 2. The fourth-order valence-electron chi connectivity index (χ4n) is 3.26. The molecule has 6 nitrogen and oxygen atoms in total. The van der Waals surface area contributed by atoms with Crippen LogP contribution in [0.2, 0.25) is 0 Å². The second-order valence-corrected chi connectivity index (χ2v) is 5.98. The summed E-state index contributed by atoms with van der Waals surface area (Å²) in [4.78, 5) is 4.43. The molecule has 0 fully saturated rings. The summed E-state index contributed by atoms with van der Waals surface area (Å²) in [6.45, 7) is 0.141. The van der Waals surface area contributed by atoms with Crippen molar-refractivity contribution in [1.29, 1.82) is 0 Å². The molecule has 5 rings (SSSR count). The molecule has 2 aliphatic rings. The molecule has 1 aliphatic carbocycles. The lowest BCUT2D eigenvalue weighted by molar-refractivity contribution is 0.174. The summed E-state index contributed by atoms with van der Waals surface area (Å²) in [6, 6.07) is 9.41. The molecule has 1 aromatic heterocycles. The van der Waals surface area contributed by atoms with E-state index in [9.17, 15) is 5.11 Å². The third-order valence-corrected chi connectivity index (χ3v) is 4.50. The quantitative estimate of drug-likeness (QED) is 0.780. The fourth-order valence-corrected chi connectivity index (χ4v) is 3.26. The van der Waals surface area contributed by atoms with E-state index in [0.29, 0.717) is 22.9 Å². The molecule has 0 bridgehead atoms. The number of hydrogen-bond acceptors (Lipinski definition) is 6. The summed E-state index contributed by atoms with van der Waals surface area (Å²) >= 11 is 0. The van der Waals surface area contributed by atoms with E-state index in [2.05, 4.69) is 22.3 Å². The number of hydrogen-bond donors (Lipinski definition) is 1. The Morgan fingerprint density at radius 2 is 1.79 bits per heavy atom. The molecular weight excluding hydrogens is 308 g/mol. The number of benzene rings is 2. The topological polar surface area (TPSA) is 77.6 Å². The lowest BCUT2D eigenvalue weighted by atomic mass is 10.1. The monoisotopic (exact) mass is 322 g/mol. The predicted octanol–water partition coefficient (Wildman–Crippen LogP) is 3.33. The van der Waals surface area contributed by atoms with Gasteiger partial charge in [0.1, 0.15) is 5.75 Å². The lowest BCUT2D eigenvalue weighted by Crippen LogP contribution is -1.92. The molecule has 0 spiro atoms. The van der Waals surface area contributed by atoms with Gasteiger partial charge >= 0.3 is 0 Å². The van der Waals surface area contributed by atoms with Crippen molar-refractivity contribution in [2.75, 3.05) is 6.79 Å². The second-order valence-electron chi connectivity index (χ2n) is 5.98.